The van der Waals surface area contributed by atoms with Crippen LogP contribution < -0.4 is 5.32 Å². The van der Waals surface area contributed by atoms with E-state index in [1.54, 1.807) is 12.1 Å². The second-order valence-corrected chi connectivity index (χ2v) is 5.52. The maximum Gasteiger partial charge on any atom is 0.273 e. The Bertz CT molecular complexity index is 358. The van der Waals surface area contributed by atoms with Crippen molar-refractivity contribution in [1.29, 1.82) is 0 Å². The molecule has 0 amide bonds. The van der Waals surface area contributed by atoms with Gasteiger partial charge in [0.05, 0.1) is 0 Å². The molecule has 0 saturated carbocycles. The number of benzene rings is 1. The summed E-state index contributed by atoms with van der Waals surface area (Å²) in [5.74, 6) is -2.57. The molecule has 0 spiro atoms. The van der Waals surface area contributed by atoms with Crippen molar-refractivity contribution in [2.75, 3.05) is 13.1 Å². The van der Waals surface area contributed by atoms with E-state index in [2.05, 4.69) is 21.2 Å². The number of halogens is 3. The summed E-state index contributed by atoms with van der Waals surface area (Å²) in [6, 6.07) is 6.35. The Morgan fingerprint density at radius 1 is 1.18 bits per heavy atom. The van der Waals surface area contributed by atoms with Gasteiger partial charge in [-0.3, -0.25) is 0 Å². The third-order valence-electron chi connectivity index (χ3n) is 3.27. The summed E-state index contributed by atoms with van der Waals surface area (Å²) in [6.45, 7) is 1.72. The van der Waals surface area contributed by atoms with E-state index in [0.29, 0.717) is 0 Å². The summed E-state index contributed by atoms with van der Waals surface area (Å²) in [7, 11) is 0. The van der Waals surface area contributed by atoms with Crippen molar-refractivity contribution in [3.8, 4) is 0 Å². The van der Waals surface area contributed by atoms with Crippen molar-refractivity contribution in [1.82, 2.24) is 5.32 Å². The van der Waals surface area contributed by atoms with Crippen LogP contribution in [0.25, 0.3) is 0 Å². The highest BCUT2D eigenvalue weighted by Crippen LogP contribution is 2.37. The summed E-state index contributed by atoms with van der Waals surface area (Å²) >= 11 is 3.26. The van der Waals surface area contributed by atoms with E-state index in [1.807, 2.05) is 0 Å². The lowest BCUT2D eigenvalue weighted by Crippen LogP contribution is -2.30. The molecule has 1 nitrogen and oxygen atoms in total. The van der Waals surface area contributed by atoms with Gasteiger partial charge in [-0.2, -0.15) is 0 Å². The number of piperidine rings is 1. The summed E-state index contributed by atoms with van der Waals surface area (Å²) in [5, 5.41) is 3.20. The molecule has 1 heterocycles. The summed E-state index contributed by atoms with van der Waals surface area (Å²) in [6.07, 6.45) is 1.68. The third-order valence-corrected chi connectivity index (χ3v) is 3.80. The van der Waals surface area contributed by atoms with Crippen LogP contribution in [0.1, 0.15) is 24.8 Å². The molecule has 1 N–H and O–H groups in total. The van der Waals surface area contributed by atoms with E-state index in [9.17, 15) is 8.78 Å². The van der Waals surface area contributed by atoms with E-state index >= 15 is 0 Å². The molecule has 1 aromatic carbocycles. The monoisotopic (exact) mass is 303 g/mol. The Balaban J connectivity index is 2.04. The van der Waals surface area contributed by atoms with Crippen molar-refractivity contribution < 1.29 is 8.78 Å². The summed E-state index contributed by atoms with van der Waals surface area (Å²) < 4.78 is 28.9. The van der Waals surface area contributed by atoms with Gasteiger partial charge < -0.3 is 5.32 Å². The van der Waals surface area contributed by atoms with Crippen LogP contribution in [0.15, 0.2) is 28.7 Å². The molecule has 0 unspecified atom stereocenters. The van der Waals surface area contributed by atoms with Crippen LogP contribution in [-0.2, 0) is 5.92 Å². The highest BCUT2D eigenvalue weighted by atomic mass is 79.9. The van der Waals surface area contributed by atoms with Crippen LogP contribution in [0, 0.1) is 5.92 Å². The molecule has 1 aliphatic rings. The first-order chi connectivity index (χ1) is 8.08. The predicted molar refractivity (Wildman–Crippen MR) is 68.2 cm³/mol. The minimum absolute atomic E-state index is 0.0314. The maximum absolute atomic E-state index is 14.0. The quantitative estimate of drug-likeness (QED) is 0.892. The molecule has 1 saturated heterocycles. The van der Waals surface area contributed by atoms with Crippen molar-refractivity contribution in [2.24, 2.45) is 5.92 Å². The van der Waals surface area contributed by atoms with Crippen LogP contribution in [0.5, 0.6) is 0 Å². The smallest absolute Gasteiger partial charge is 0.273 e. The van der Waals surface area contributed by atoms with Gasteiger partial charge in [0.15, 0.2) is 0 Å². The number of hydrogen-bond donors (Lipinski definition) is 1. The summed E-state index contributed by atoms with van der Waals surface area (Å²) in [5.41, 5.74) is 0.124. The molecule has 0 radical (unpaired) electrons. The van der Waals surface area contributed by atoms with Crippen molar-refractivity contribution in [3.05, 3.63) is 34.3 Å². The zero-order valence-corrected chi connectivity index (χ0v) is 11.1. The Morgan fingerprint density at radius 2 is 1.76 bits per heavy atom. The topological polar surface area (TPSA) is 12.0 Å². The maximum atomic E-state index is 14.0. The molecule has 0 atom stereocenters. The Labute approximate surface area is 109 Å². The molecule has 0 aromatic heterocycles. The minimum atomic E-state index is -2.71. The van der Waals surface area contributed by atoms with E-state index in [4.69, 9.17) is 0 Å². The fraction of sp³-hybridized carbons (Fsp3) is 0.538. The van der Waals surface area contributed by atoms with Crippen LogP contribution in [0.2, 0.25) is 0 Å². The van der Waals surface area contributed by atoms with Gasteiger partial charge in [-0.05, 0) is 44.0 Å². The first kappa shape index (κ1) is 13.0. The molecule has 94 valence electrons. The number of hydrogen-bond acceptors (Lipinski definition) is 1. The Morgan fingerprint density at radius 3 is 2.35 bits per heavy atom. The van der Waals surface area contributed by atoms with E-state index in [0.717, 1.165) is 30.4 Å². The largest absolute Gasteiger partial charge is 0.317 e. The second-order valence-electron chi connectivity index (χ2n) is 4.61. The van der Waals surface area contributed by atoms with Gasteiger partial charge in [0.25, 0.3) is 5.92 Å². The van der Waals surface area contributed by atoms with Crippen LogP contribution in [0.4, 0.5) is 8.78 Å². The fourth-order valence-electron chi connectivity index (χ4n) is 2.26. The zero-order chi connectivity index (χ0) is 12.3. The minimum Gasteiger partial charge on any atom is -0.317 e. The Kier molecular flexibility index (Phi) is 4.15. The predicted octanol–water partition coefficient (Wildman–Crippen LogP) is 3.93. The van der Waals surface area contributed by atoms with Gasteiger partial charge >= 0.3 is 0 Å². The fourth-order valence-corrected chi connectivity index (χ4v) is 2.52. The number of rotatable bonds is 3. The molecule has 1 aromatic rings. The average Bonchev–Trinajstić information content (AvgIpc) is 2.30. The molecular weight excluding hydrogens is 288 g/mol. The molecule has 2 rings (SSSR count). The van der Waals surface area contributed by atoms with Crippen LogP contribution in [-0.4, -0.2) is 13.1 Å². The van der Waals surface area contributed by atoms with Gasteiger partial charge in [0, 0.05) is 16.5 Å². The highest BCUT2D eigenvalue weighted by molar-refractivity contribution is 9.10. The van der Waals surface area contributed by atoms with Gasteiger partial charge in [0.2, 0.25) is 0 Å². The summed E-state index contributed by atoms with van der Waals surface area (Å²) in [4.78, 5) is 0. The molecule has 17 heavy (non-hydrogen) atoms. The average molecular weight is 304 g/mol. The van der Waals surface area contributed by atoms with E-state index < -0.39 is 5.92 Å². The first-order valence-electron chi connectivity index (χ1n) is 5.92. The van der Waals surface area contributed by atoms with Gasteiger partial charge in [-0.25, -0.2) is 8.78 Å². The third kappa shape index (κ3) is 3.49. The molecular formula is C13H16BrF2N. The molecule has 4 heteroatoms. The normalized spacial score (nSPS) is 18.3. The highest BCUT2D eigenvalue weighted by Gasteiger charge is 2.34. The Hall–Kier alpha value is -0.480. The van der Waals surface area contributed by atoms with Crippen molar-refractivity contribution >= 4 is 15.9 Å². The van der Waals surface area contributed by atoms with Crippen LogP contribution in [0.3, 0.4) is 0 Å². The molecule has 0 aliphatic carbocycles. The lowest BCUT2D eigenvalue weighted by Gasteiger charge is -2.27. The van der Waals surface area contributed by atoms with Gasteiger partial charge in [-0.15, -0.1) is 0 Å². The standard InChI is InChI=1S/C13H16BrF2N/c14-12-3-1-11(2-4-12)13(15,16)9-10-5-7-17-8-6-10/h1-4,10,17H,5-9H2. The first-order valence-corrected chi connectivity index (χ1v) is 6.72. The van der Waals surface area contributed by atoms with Gasteiger partial charge in [-0.1, -0.05) is 28.1 Å². The lowest BCUT2D eigenvalue weighted by molar-refractivity contribution is -0.0326. The van der Waals surface area contributed by atoms with Crippen molar-refractivity contribution in [3.63, 3.8) is 0 Å². The van der Waals surface area contributed by atoms with Crippen molar-refractivity contribution in [2.45, 2.75) is 25.2 Å². The van der Waals surface area contributed by atoms with E-state index in [1.165, 1.54) is 12.1 Å². The molecule has 1 fully saturated rings. The number of alkyl halides is 2. The molecule has 0 bridgehead atoms. The molecule has 1 aliphatic heterocycles. The number of nitrogens with one attached hydrogen (secondary N) is 1. The SMILES string of the molecule is FC(F)(CC1CCNCC1)c1ccc(Br)cc1. The second kappa shape index (κ2) is 5.44. The van der Waals surface area contributed by atoms with E-state index in [-0.39, 0.29) is 17.9 Å². The zero-order valence-electron chi connectivity index (χ0n) is 9.56. The lowest BCUT2D eigenvalue weighted by atomic mass is 9.89. The van der Waals surface area contributed by atoms with Gasteiger partial charge in [0.1, 0.15) is 0 Å². The van der Waals surface area contributed by atoms with Crippen LogP contribution >= 0.6 is 15.9 Å².